The van der Waals surface area contributed by atoms with E-state index in [1.54, 1.807) is 6.07 Å². The molecule has 0 atom stereocenters. The van der Waals surface area contributed by atoms with Crippen LogP contribution in [0.25, 0.3) is 0 Å². The van der Waals surface area contributed by atoms with Gasteiger partial charge < -0.3 is 20.5 Å². The molecule has 0 radical (unpaired) electrons. The summed E-state index contributed by atoms with van der Waals surface area (Å²) in [6, 6.07) is 8.19. The maximum absolute atomic E-state index is 12.1. The Bertz CT molecular complexity index is 904. The summed E-state index contributed by atoms with van der Waals surface area (Å²) in [7, 11) is 0. The first kappa shape index (κ1) is 21.4. The summed E-state index contributed by atoms with van der Waals surface area (Å²) in [4.78, 5) is 35.8. The van der Waals surface area contributed by atoms with Crippen LogP contribution in [0.3, 0.4) is 0 Å². The number of hydrogen-bond acceptors (Lipinski definition) is 5. The number of benzene rings is 2. The quantitative estimate of drug-likeness (QED) is 0.589. The largest absolute Gasteiger partial charge is 0.507 e. The lowest BCUT2D eigenvalue weighted by Crippen LogP contribution is -2.35. The van der Waals surface area contributed by atoms with Gasteiger partial charge in [0.15, 0.2) is 6.61 Å². The average Bonchev–Trinajstić information content (AvgIpc) is 2.62. The molecule has 0 aliphatic rings. The molecule has 2 rings (SSSR count). The molecular weight excluding hydrogens is 428 g/mol. The number of hydrogen-bond donors (Lipinski definition) is 3. The minimum Gasteiger partial charge on any atom is -0.507 e. The van der Waals surface area contributed by atoms with Gasteiger partial charge in [0.2, 0.25) is 5.91 Å². The van der Waals surface area contributed by atoms with Crippen LogP contribution in [-0.4, -0.2) is 36.0 Å². The minimum atomic E-state index is -0.843. The molecule has 0 unspecified atom stereocenters. The zero-order valence-corrected chi connectivity index (χ0v) is 17.3. The highest BCUT2D eigenvalue weighted by Crippen LogP contribution is 2.23. The van der Waals surface area contributed by atoms with Crippen molar-refractivity contribution in [3.05, 3.63) is 57.1 Å². The van der Waals surface area contributed by atoms with Crippen molar-refractivity contribution in [1.82, 2.24) is 5.32 Å². The Balaban J connectivity index is 1.83. The number of anilines is 1. The summed E-state index contributed by atoms with van der Waals surface area (Å²) in [5, 5.41) is 14.8. The highest BCUT2D eigenvalue weighted by Gasteiger charge is 2.15. The molecule has 8 heteroatoms. The summed E-state index contributed by atoms with van der Waals surface area (Å²) in [6.07, 6.45) is 0. The van der Waals surface area contributed by atoms with Gasteiger partial charge in [-0.05, 0) is 50.1 Å². The molecule has 0 bridgehead atoms. The van der Waals surface area contributed by atoms with Crippen molar-refractivity contribution in [1.29, 1.82) is 0 Å². The van der Waals surface area contributed by atoms with Crippen LogP contribution < -0.4 is 10.6 Å². The van der Waals surface area contributed by atoms with Crippen LogP contribution in [0.4, 0.5) is 5.69 Å². The van der Waals surface area contributed by atoms with E-state index in [9.17, 15) is 19.5 Å². The summed E-state index contributed by atoms with van der Waals surface area (Å²) >= 11 is 3.18. The van der Waals surface area contributed by atoms with Crippen LogP contribution in [0.1, 0.15) is 27.0 Å². The summed E-state index contributed by atoms with van der Waals surface area (Å²) < 4.78 is 5.45. The van der Waals surface area contributed by atoms with E-state index in [2.05, 4.69) is 26.6 Å². The smallest absolute Gasteiger partial charge is 0.342 e. The molecule has 0 fully saturated rings. The van der Waals surface area contributed by atoms with Crippen LogP contribution in [-0.2, 0) is 14.3 Å². The number of halogens is 1. The van der Waals surface area contributed by atoms with Gasteiger partial charge in [-0.15, -0.1) is 0 Å². The van der Waals surface area contributed by atoms with E-state index in [-0.39, 0.29) is 23.8 Å². The third kappa shape index (κ3) is 5.82. The summed E-state index contributed by atoms with van der Waals surface area (Å²) in [5.74, 6) is -2.11. The van der Waals surface area contributed by atoms with Crippen LogP contribution in [0.5, 0.6) is 5.75 Å². The molecule has 148 valence electrons. The third-order valence-electron chi connectivity index (χ3n) is 3.90. The Morgan fingerprint density at radius 3 is 2.32 bits per heavy atom. The van der Waals surface area contributed by atoms with Crippen molar-refractivity contribution in [2.75, 3.05) is 18.5 Å². The second-order valence-corrected chi connectivity index (χ2v) is 7.25. The molecular formula is C20H21BrN2O5. The van der Waals surface area contributed by atoms with E-state index < -0.39 is 18.5 Å². The molecule has 0 aliphatic heterocycles. The second-order valence-electron chi connectivity index (χ2n) is 6.34. The fourth-order valence-electron chi connectivity index (χ4n) is 2.67. The summed E-state index contributed by atoms with van der Waals surface area (Å²) in [6.45, 7) is 4.93. The first-order valence-corrected chi connectivity index (χ1v) is 9.26. The number of rotatable bonds is 6. The number of carbonyl (C=O) groups is 3. The first-order valence-electron chi connectivity index (χ1n) is 8.47. The Kier molecular flexibility index (Phi) is 7.17. The SMILES string of the molecule is Cc1cc(C)c(NC(=O)CNC(=O)COC(=O)c2cc(Br)ccc2O)c(C)c1. The predicted octanol–water partition coefficient (Wildman–Crippen LogP) is 2.99. The van der Waals surface area contributed by atoms with Gasteiger partial charge >= 0.3 is 5.97 Å². The van der Waals surface area contributed by atoms with Gasteiger partial charge in [0, 0.05) is 10.2 Å². The second kappa shape index (κ2) is 9.36. The molecule has 7 nitrogen and oxygen atoms in total. The zero-order valence-electron chi connectivity index (χ0n) is 15.8. The molecule has 0 heterocycles. The van der Waals surface area contributed by atoms with E-state index in [0.717, 1.165) is 16.7 Å². The number of carbonyl (C=O) groups excluding carboxylic acids is 3. The maximum Gasteiger partial charge on any atom is 0.342 e. The van der Waals surface area contributed by atoms with Crippen molar-refractivity contribution in [3.63, 3.8) is 0 Å². The molecule has 0 saturated carbocycles. The molecule has 2 aromatic carbocycles. The van der Waals surface area contributed by atoms with Gasteiger partial charge in [-0.1, -0.05) is 33.6 Å². The number of esters is 1. The van der Waals surface area contributed by atoms with Crippen LogP contribution in [0, 0.1) is 20.8 Å². The Morgan fingerprint density at radius 2 is 1.68 bits per heavy atom. The Labute approximate surface area is 171 Å². The van der Waals surface area contributed by atoms with Crippen LogP contribution in [0.2, 0.25) is 0 Å². The monoisotopic (exact) mass is 448 g/mol. The van der Waals surface area contributed by atoms with E-state index in [0.29, 0.717) is 10.2 Å². The van der Waals surface area contributed by atoms with Gasteiger partial charge in [0.05, 0.1) is 6.54 Å². The van der Waals surface area contributed by atoms with Gasteiger partial charge in [-0.2, -0.15) is 0 Å². The number of aryl methyl sites for hydroxylation is 3. The first-order chi connectivity index (χ1) is 13.2. The molecule has 0 saturated heterocycles. The highest BCUT2D eigenvalue weighted by atomic mass is 79.9. The molecule has 0 aliphatic carbocycles. The van der Waals surface area contributed by atoms with Gasteiger partial charge in [-0.3, -0.25) is 9.59 Å². The van der Waals surface area contributed by atoms with E-state index in [4.69, 9.17) is 4.74 Å². The molecule has 3 N–H and O–H groups in total. The molecule has 2 amide bonds. The lowest BCUT2D eigenvalue weighted by molar-refractivity contribution is -0.126. The van der Waals surface area contributed by atoms with Gasteiger partial charge in [-0.25, -0.2) is 4.79 Å². The van der Waals surface area contributed by atoms with Crippen molar-refractivity contribution in [3.8, 4) is 5.75 Å². The summed E-state index contributed by atoms with van der Waals surface area (Å²) in [5.41, 5.74) is 3.60. The van der Waals surface area contributed by atoms with E-state index in [1.807, 2.05) is 32.9 Å². The van der Waals surface area contributed by atoms with Crippen molar-refractivity contribution >= 4 is 39.4 Å². The van der Waals surface area contributed by atoms with Crippen molar-refractivity contribution < 1.29 is 24.2 Å². The van der Waals surface area contributed by atoms with Crippen LogP contribution >= 0.6 is 15.9 Å². The average molecular weight is 449 g/mol. The van der Waals surface area contributed by atoms with Crippen molar-refractivity contribution in [2.45, 2.75) is 20.8 Å². The number of ether oxygens (including phenoxy) is 1. The Hall–Kier alpha value is -2.87. The number of nitrogens with one attached hydrogen (secondary N) is 2. The number of phenolic OH excluding ortho intramolecular Hbond substituents is 1. The number of amides is 2. The molecule has 0 spiro atoms. The molecule has 2 aromatic rings. The topological polar surface area (TPSA) is 105 Å². The van der Waals surface area contributed by atoms with E-state index in [1.165, 1.54) is 12.1 Å². The standard InChI is InChI=1S/C20H21BrN2O5/c1-11-6-12(2)19(13(3)7-11)23-17(25)9-22-18(26)10-28-20(27)15-8-14(21)4-5-16(15)24/h4-8,24H,9-10H2,1-3H3,(H,22,26)(H,23,25). The highest BCUT2D eigenvalue weighted by molar-refractivity contribution is 9.10. The molecule has 28 heavy (non-hydrogen) atoms. The van der Waals surface area contributed by atoms with Gasteiger partial charge in [0.25, 0.3) is 5.91 Å². The fraction of sp³-hybridized carbons (Fsp3) is 0.250. The number of aromatic hydroxyl groups is 1. The lowest BCUT2D eigenvalue weighted by Gasteiger charge is -2.13. The van der Waals surface area contributed by atoms with Crippen molar-refractivity contribution in [2.24, 2.45) is 0 Å². The lowest BCUT2D eigenvalue weighted by atomic mass is 10.1. The maximum atomic E-state index is 12.1. The van der Waals surface area contributed by atoms with Gasteiger partial charge in [0.1, 0.15) is 11.3 Å². The Morgan fingerprint density at radius 1 is 1.04 bits per heavy atom. The fourth-order valence-corrected chi connectivity index (χ4v) is 3.03. The minimum absolute atomic E-state index is 0.0646. The number of phenols is 1. The normalized spacial score (nSPS) is 10.3. The molecule has 0 aromatic heterocycles. The van der Waals surface area contributed by atoms with E-state index >= 15 is 0 Å². The predicted molar refractivity (Wildman–Crippen MR) is 108 cm³/mol. The zero-order chi connectivity index (χ0) is 20.8. The van der Waals surface area contributed by atoms with Crippen LogP contribution in [0.15, 0.2) is 34.8 Å². The third-order valence-corrected chi connectivity index (χ3v) is 4.39.